The Hall–Kier alpha value is -0.820. The minimum atomic E-state index is 0.707. The molecule has 0 saturated carbocycles. The number of nitrogens with two attached hydrogens (primary N) is 1. The summed E-state index contributed by atoms with van der Waals surface area (Å²) in [4.78, 5) is 0. The molecule has 0 aliphatic heterocycles. The molecule has 2 aliphatic carbocycles. The van der Waals surface area contributed by atoms with Gasteiger partial charge in [-0.15, -0.1) is 0 Å². The van der Waals surface area contributed by atoms with Gasteiger partial charge in [-0.3, -0.25) is 0 Å². The first-order valence-electron chi connectivity index (χ1n) is 6.65. The summed E-state index contributed by atoms with van der Waals surface area (Å²) < 4.78 is 0. The average molecular weight is 217 g/mol. The molecule has 1 nitrogen and oxygen atoms in total. The van der Waals surface area contributed by atoms with E-state index in [2.05, 4.69) is 30.4 Å². The van der Waals surface area contributed by atoms with Crippen molar-refractivity contribution >= 4 is 0 Å². The maximum Gasteiger partial charge on any atom is 0.00206 e. The lowest BCUT2D eigenvalue weighted by molar-refractivity contribution is 0.384. The second-order valence-electron chi connectivity index (χ2n) is 5.03. The average Bonchev–Trinajstić information content (AvgIpc) is 2.34. The normalized spacial score (nSPS) is 27.7. The summed E-state index contributed by atoms with van der Waals surface area (Å²) in [5.74, 6) is 1.61. The Morgan fingerprint density at radius 2 is 2.12 bits per heavy atom. The molecular weight excluding hydrogens is 194 g/mol. The standard InChI is InChI=1S/C15H23N/c16-11-5-1-2-6-13-9-10-14-7-3-4-8-15(14)12-13/h3-4,7-8,10,13,15H,1-2,5-6,9,11-12,16H2. The van der Waals surface area contributed by atoms with Crippen molar-refractivity contribution in [2.45, 2.75) is 38.5 Å². The molecule has 2 aliphatic rings. The summed E-state index contributed by atoms with van der Waals surface area (Å²) in [5.41, 5.74) is 7.05. The van der Waals surface area contributed by atoms with Gasteiger partial charge in [-0.1, -0.05) is 49.6 Å². The van der Waals surface area contributed by atoms with Gasteiger partial charge in [0.1, 0.15) is 0 Å². The Morgan fingerprint density at radius 1 is 1.19 bits per heavy atom. The van der Waals surface area contributed by atoms with Crippen LogP contribution in [0.4, 0.5) is 0 Å². The molecule has 2 atom stereocenters. The number of hydrogen-bond acceptors (Lipinski definition) is 1. The van der Waals surface area contributed by atoms with Crippen molar-refractivity contribution in [1.29, 1.82) is 0 Å². The molecule has 2 unspecified atom stereocenters. The highest BCUT2D eigenvalue weighted by Gasteiger charge is 2.21. The van der Waals surface area contributed by atoms with Crippen LogP contribution in [0.15, 0.2) is 36.0 Å². The summed E-state index contributed by atoms with van der Waals surface area (Å²) in [7, 11) is 0. The highest BCUT2D eigenvalue weighted by molar-refractivity contribution is 5.34. The molecule has 0 heterocycles. The lowest BCUT2D eigenvalue weighted by atomic mass is 9.77. The summed E-state index contributed by atoms with van der Waals surface area (Å²) >= 11 is 0. The molecule has 1 heteroatoms. The molecule has 0 radical (unpaired) electrons. The van der Waals surface area contributed by atoms with Crippen LogP contribution < -0.4 is 5.73 Å². The van der Waals surface area contributed by atoms with Crippen LogP contribution in [0.1, 0.15) is 38.5 Å². The van der Waals surface area contributed by atoms with Crippen molar-refractivity contribution in [2.24, 2.45) is 17.6 Å². The van der Waals surface area contributed by atoms with Crippen molar-refractivity contribution in [3.05, 3.63) is 36.0 Å². The van der Waals surface area contributed by atoms with Crippen LogP contribution in [-0.4, -0.2) is 6.54 Å². The molecule has 0 fully saturated rings. The van der Waals surface area contributed by atoms with Crippen LogP contribution in [0.25, 0.3) is 0 Å². The molecule has 0 amide bonds. The van der Waals surface area contributed by atoms with E-state index in [1.165, 1.54) is 38.5 Å². The van der Waals surface area contributed by atoms with Gasteiger partial charge < -0.3 is 5.73 Å². The van der Waals surface area contributed by atoms with Crippen LogP contribution in [-0.2, 0) is 0 Å². The molecule has 16 heavy (non-hydrogen) atoms. The Kier molecular flexibility index (Phi) is 4.41. The maximum atomic E-state index is 5.51. The monoisotopic (exact) mass is 217 g/mol. The van der Waals surface area contributed by atoms with Gasteiger partial charge >= 0.3 is 0 Å². The molecule has 88 valence electrons. The first kappa shape index (κ1) is 11.7. The van der Waals surface area contributed by atoms with Crippen molar-refractivity contribution in [3.8, 4) is 0 Å². The van der Waals surface area contributed by atoms with Crippen LogP contribution >= 0.6 is 0 Å². The van der Waals surface area contributed by atoms with Gasteiger partial charge in [-0.2, -0.15) is 0 Å². The Morgan fingerprint density at radius 3 is 3.00 bits per heavy atom. The van der Waals surface area contributed by atoms with Crippen molar-refractivity contribution < 1.29 is 0 Å². The summed E-state index contributed by atoms with van der Waals surface area (Å²) in [5, 5.41) is 0. The quantitative estimate of drug-likeness (QED) is 0.700. The molecule has 0 spiro atoms. The summed E-state index contributed by atoms with van der Waals surface area (Å²) in [6.07, 6.45) is 19.3. The summed E-state index contributed by atoms with van der Waals surface area (Å²) in [6, 6.07) is 0. The first-order chi connectivity index (χ1) is 7.90. The number of rotatable bonds is 5. The fourth-order valence-electron chi connectivity index (χ4n) is 2.78. The van der Waals surface area contributed by atoms with E-state index in [0.29, 0.717) is 5.92 Å². The van der Waals surface area contributed by atoms with Gasteiger partial charge in [-0.25, -0.2) is 0 Å². The largest absolute Gasteiger partial charge is 0.330 e. The fourth-order valence-corrected chi connectivity index (χ4v) is 2.78. The third-order valence-electron chi connectivity index (χ3n) is 3.76. The molecule has 0 bridgehead atoms. The minimum absolute atomic E-state index is 0.707. The third-order valence-corrected chi connectivity index (χ3v) is 3.76. The van der Waals surface area contributed by atoms with E-state index in [0.717, 1.165) is 12.5 Å². The molecule has 0 aromatic carbocycles. The van der Waals surface area contributed by atoms with Gasteiger partial charge in [0, 0.05) is 5.92 Å². The zero-order valence-corrected chi connectivity index (χ0v) is 10.1. The van der Waals surface area contributed by atoms with Crippen molar-refractivity contribution in [3.63, 3.8) is 0 Å². The number of hydrogen-bond donors (Lipinski definition) is 1. The topological polar surface area (TPSA) is 26.0 Å². The fraction of sp³-hybridized carbons (Fsp3) is 0.600. The van der Waals surface area contributed by atoms with E-state index in [1.807, 2.05) is 0 Å². The second-order valence-corrected chi connectivity index (χ2v) is 5.03. The Labute approximate surface area is 99.1 Å². The summed E-state index contributed by atoms with van der Waals surface area (Å²) in [6.45, 7) is 0.852. The molecule has 0 aromatic rings. The lowest BCUT2D eigenvalue weighted by Gasteiger charge is -2.28. The highest BCUT2D eigenvalue weighted by Crippen LogP contribution is 2.35. The number of fused-ring (bicyclic) bond motifs is 1. The first-order valence-corrected chi connectivity index (χ1v) is 6.65. The molecule has 0 saturated heterocycles. The number of unbranched alkanes of at least 4 members (excludes halogenated alkanes) is 2. The van der Waals surface area contributed by atoms with E-state index in [4.69, 9.17) is 5.73 Å². The Balaban J connectivity index is 1.76. The highest BCUT2D eigenvalue weighted by atomic mass is 14.5. The van der Waals surface area contributed by atoms with Crippen molar-refractivity contribution in [1.82, 2.24) is 0 Å². The van der Waals surface area contributed by atoms with Gasteiger partial charge in [-0.05, 0) is 37.3 Å². The molecule has 0 aromatic heterocycles. The Bertz CT molecular complexity index is 299. The number of allylic oxidation sites excluding steroid dienone is 6. The predicted octanol–water partition coefficient (Wildman–Crippen LogP) is 3.58. The van der Waals surface area contributed by atoms with Crippen molar-refractivity contribution in [2.75, 3.05) is 6.54 Å². The zero-order valence-electron chi connectivity index (χ0n) is 10.1. The van der Waals surface area contributed by atoms with E-state index in [9.17, 15) is 0 Å². The molecule has 2 rings (SSSR count). The SMILES string of the molecule is NCCCCCC1CC=C2C=CC=CC2C1. The van der Waals surface area contributed by atoms with E-state index in [-0.39, 0.29) is 0 Å². The van der Waals surface area contributed by atoms with E-state index in [1.54, 1.807) is 5.57 Å². The van der Waals surface area contributed by atoms with E-state index < -0.39 is 0 Å². The second kappa shape index (κ2) is 6.05. The van der Waals surface area contributed by atoms with Gasteiger partial charge in [0.05, 0.1) is 0 Å². The van der Waals surface area contributed by atoms with Crippen LogP contribution in [0, 0.1) is 11.8 Å². The smallest absolute Gasteiger partial charge is 0.00206 e. The lowest BCUT2D eigenvalue weighted by Crippen LogP contribution is -2.15. The van der Waals surface area contributed by atoms with E-state index >= 15 is 0 Å². The maximum absolute atomic E-state index is 5.51. The molecular formula is C15H23N. The van der Waals surface area contributed by atoms with Crippen LogP contribution in [0.5, 0.6) is 0 Å². The van der Waals surface area contributed by atoms with Gasteiger partial charge in [0.2, 0.25) is 0 Å². The van der Waals surface area contributed by atoms with Gasteiger partial charge in [0.25, 0.3) is 0 Å². The van der Waals surface area contributed by atoms with Crippen LogP contribution in [0.3, 0.4) is 0 Å². The van der Waals surface area contributed by atoms with Crippen LogP contribution in [0.2, 0.25) is 0 Å². The third kappa shape index (κ3) is 3.08. The zero-order chi connectivity index (χ0) is 11.2. The molecule has 2 N–H and O–H groups in total. The predicted molar refractivity (Wildman–Crippen MR) is 70.1 cm³/mol. The minimum Gasteiger partial charge on any atom is -0.330 e. The van der Waals surface area contributed by atoms with Gasteiger partial charge in [0.15, 0.2) is 0 Å².